The molecule has 0 aliphatic rings. The first-order chi connectivity index (χ1) is 35.4. The summed E-state index contributed by atoms with van der Waals surface area (Å²) in [5.41, 5.74) is 0. The van der Waals surface area contributed by atoms with Crippen molar-refractivity contribution in [2.24, 2.45) is 0 Å². The molecule has 420 valence electrons. The molecule has 12 heteroatoms. The number of thioether (sulfide) groups is 2. The van der Waals surface area contributed by atoms with Crippen molar-refractivity contribution in [1.82, 2.24) is 4.90 Å². The molecule has 0 aliphatic carbocycles. The van der Waals surface area contributed by atoms with E-state index in [0.29, 0.717) is 50.4 Å². The van der Waals surface area contributed by atoms with Gasteiger partial charge in [0.1, 0.15) is 31.3 Å². The zero-order chi connectivity index (χ0) is 54.6. The number of quaternary nitrogens is 1. The van der Waals surface area contributed by atoms with Crippen LogP contribution >= 0.6 is 35.1 Å². The van der Waals surface area contributed by atoms with Crippen molar-refractivity contribution in [3.05, 3.63) is 146 Å². The molecule has 0 heterocycles. The van der Waals surface area contributed by atoms with Gasteiger partial charge in [-0.2, -0.15) is 23.5 Å². The molecule has 0 aromatic carbocycles. The van der Waals surface area contributed by atoms with Gasteiger partial charge in [-0.15, -0.1) is 11.6 Å². The first kappa shape index (κ1) is 76.9. The van der Waals surface area contributed by atoms with Gasteiger partial charge < -0.3 is 31.3 Å². The van der Waals surface area contributed by atoms with Crippen LogP contribution in [0.1, 0.15) is 129 Å². The Labute approximate surface area is 472 Å². The zero-order valence-electron chi connectivity index (χ0n) is 47.2. The van der Waals surface area contributed by atoms with Crippen LogP contribution in [0.3, 0.4) is 0 Å². The SMILES string of the molecule is CC/C=C\C/C=C\C/C=C\C/C=C\C/C=C\C/C=C\CC(=O)CCCSCC(=O)OCCN(C)C.CC/C=C\C/C=C\C/C=C\C/C=C\C/C=C\C/C=C\CC(=O)CCCSCC(=O)OCC[N+](C)(C)C.CCl.[Cl-]. The molecule has 0 radical (unpaired) electrons. The third-order valence-electron chi connectivity index (χ3n) is 9.64. The maximum atomic E-state index is 12.0. The lowest BCUT2D eigenvalue weighted by molar-refractivity contribution is -0.870. The van der Waals surface area contributed by atoms with E-state index in [2.05, 4.69) is 168 Å². The number of alkyl halides is 1. The summed E-state index contributed by atoms with van der Waals surface area (Å²) < 4.78 is 11.1. The van der Waals surface area contributed by atoms with E-state index < -0.39 is 0 Å². The first-order valence-electron chi connectivity index (χ1n) is 26.5. The van der Waals surface area contributed by atoms with Crippen molar-refractivity contribution in [1.29, 1.82) is 0 Å². The van der Waals surface area contributed by atoms with Gasteiger partial charge in [0, 0.05) is 38.6 Å². The summed E-state index contributed by atoms with van der Waals surface area (Å²) in [7, 11) is 10.1. The number of ether oxygens (including phenoxy) is 2. The second-order valence-electron chi connectivity index (χ2n) is 17.9. The van der Waals surface area contributed by atoms with E-state index in [4.69, 9.17) is 9.47 Å². The summed E-state index contributed by atoms with van der Waals surface area (Å²) in [6.07, 6.45) is 68.7. The van der Waals surface area contributed by atoms with Crippen LogP contribution in [0.5, 0.6) is 0 Å². The molecule has 0 saturated heterocycles. The van der Waals surface area contributed by atoms with Crippen LogP contribution in [-0.2, 0) is 28.7 Å². The van der Waals surface area contributed by atoms with Crippen LogP contribution in [0.25, 0.3) is 0 Å². The standard InChI is InChI=1S/C31H50NO3S.C30H47NO3S.CH3Cl.ClH/c1-5-6-7-8-9-10-11-12-13-14-15-16-17-18-19-20-21-22-24-30(33)25-23-28-36-29-31(34)35-27-26-32(2,3)4;1-4-5-6-7-8-9-10-11-12-13-14-15-16-17-18-19-20-21-23-29(32)24-22-27-35-28-30(33)34-26-25-31(2)3;1-2;/h6-7,9-10,12-13,15-16,18-19,21-22H,5,8,11,14,17,20,23-29H2,1-4H3;5-6,8-9,11-12,14-15,17-18,20-21H,4,7,10,13,16,19,22-28H2,1-3H3;1H3;1H/q+1;;;/p-1/b7-6-,10-9-,13-12-,16-15-,19-18-,22-21-;6-5-,9-8-,12-11-,15-14-,18-17-,21-20-;;. The number of carbonyl (C=O) groups is 4. The lowest BCUT2D eigenvalue weighted by atomic mass is 10.1. The smallest absolute Gasteiger partial charge is 0.316 e. The number of esters is 2. The minimum absolute atomic E-state index is 0. The third kappa shape index (κ3) is 72.6. The van der Waals surface area contributed by atoms with Gasteiger partial charge in [0.25, 0.3) is 0 Å². The maximum Gasteiger partial charge on any atom is 0.316 e. The summed E-state index contributed by atoms with van der Waals surface area (Å²) in [6, 6.07) is 0. The number of Topliss-reactive ketones (excluding diaryl/α,β-unsaturated/α-hetero) is 2. The Morgan fingerprint density at radius 1 is 0.446 bits per heavy atom. The summed E-state index contributed by atoms with van der Waals surface area (Å²) >= 11 is 7.71. The van der Waals surface area contributed by atoms with Gasteiger partial charge in [-0.25, -0.2) is 0 Å². The molecule has 0 unspecified atom stereocenters. The van der Waals surface area contributed by atoms with Crippen LogP contribution < -0.4 is 12.4 Å². The number of hydrogen-bond acceptors (Lipinski definition) is 9. The molecule has 0 N–H and O–H groups in total. The van der Waals surface area contributed by atoms with Crippen molar-refractivity contribution in [2.45, 2.75) is 129 Å². The number of rotatable bonds is 44. The van der Waals surface area contributed by atoms with Gasteiger partial charge in [0.05, 0.1) is 32.6 Å². The molecule has 74 heavy (non-hydrogen) atoms. The average Bonchev–Trinajstić information content (AvgIpc) is 3.35. The molecular weight excluding hydrogens is 1000 g/mol. The number of hydrogen-bond donors (Lipinski definition) is 0. The number of carbonyl (C=O) groups excluding carboxylic acids is 4. The molecule has 0 spiro atoms. The number of likely N-dealkylation sites (N-methyl/N-ethyl adjacent to an activating group) is 2. The van der Waals surface area contributed by atoms with E-state index in [1.807, 2.05) is 43.3 Å². The summed E-state index contributed by atoms with van der Waals surface area (Å²) in [5, 5.41) is 0. The lowest BCUT2D eigenvalue weighted by Gasteiger charge is -2.23. The number of nitrogens with zero attached hydrogens (tertiary/aromatic N) is 2. The molecule has 0 aromatic rings. The van der Waals surface area contributed by atoms with Gasteiger partial charge in [-0.1, -0.05) is 160 Å². The van der Waals surface area contributed by atoms with E-state index in [1.54, 1.807) is 0 Å². The number of allylic oxidation sites excluding steroid dienone is 24. The molecule has 0 saturated carbocycles. The lowest BCUT2D eigenvalue weighted by Crippen LogP contribution is -3.00. The molecule has 8 nitrogen and oxygen atoms in total. The largest absolute Gasteiger partial charge is 1.00 e. The monoisotopic (exact) mass is 1100 g/mol. The van der Waals surface area contributed by atoms with Gasteiger partial charge in [-0.3, -0.25) is 19.2 Å². The van der Waals surface area contributed by atoms with Crippen LogP contribution in [0.15, 0.2) is 146 Å². The first-order valence-corrected chi connectivity index (χ1v) is 29.6. The number of halogens is 2. The highest BCUT2D eigenvalue weighted by molar-refractivity contribution is 8.00. The fourth-order valence-corrected chi connectivity index (χ4v) is 7.08. The van der Waals surface area contributed by atoms with Crippen molar-refractivity contribution in [3.63, 3.8) is 0 Å². The van der Waals surface area contributed by atoms with Gasteiger partial charge >= 0.3 is 11.9 Å². The third-order valence-corrected chi connectivity index (χ3v) is 11.7. The predicted molar refractivity (Wildman–Crippen MR) is 324 cm³/mol. The summed E-state index contributed by atoms with van der Waals surface area (Å²) in [6.45, 7) is 6.72. The molecule has 0 fully saturated rings. The maximum absolute atomic E-state index is 12.0. The van der Waals surface area contributed by atoms with Crippen LogP contribution in [-0.4, -0.2) is 124 Å². The van der Waals surface area contributed by atoms with Crippen LogP contribution in [0.4, 0.5) is 0 Å². The van der Waals surface area contributed by atoms with E-state index in [0.717, 1.165) is 119 Å². The van der Waals surface area contributed by atoms with E-state index in [1.165, 1.54) is 29.9 Å². The molecule has 0 aromatic heterocycles. The molecule has 0 rings (SSSR count). The van der Waals surface area contributed by atoms with Crippen molar-refractivity contribution >= 4 is 58.6 Å². The minimum atomic E-state index is -0.179. The highest BCUT2D eigenvalue weighted by atomic mass is 35.5. The summed E-state index contributed by atoms with van der Waals surface area (Å²) in [4.78, 5) is 49.1. The van der Waals surface area contributed by atoms with E-state index in [-0.39, 0.29) is 35.9 Å². The van der Waals surface area contributed by atoms with Crippen molar-refractivity contribution in [2.75, 3.05) is 90.9 Å². The molecule has 0 atom stereocenters. The fourth-order valence-electron chi connectivity index (χ4n) is 5.59. The Morgan fingerprint density at radius 2 is 0.716 bits per heavy atom. The average molecular weight is 1100 g/mol. The minimum Gasteiger partial charge on any atom is -1.00 e. The Hall–Kier alpha value is -3.64. The molecular formula is C62H100Cl2N2O6S2. The summed E-state index contributed by atoms with van der Waals surface area (Å²) in [5.74, 6) is 2.48. The van der Waals surface area contributed by atoms with E-state index >= 15 is 0 Å². The van der Waals surface area contributed by atoms with Crippen molar-refractivity contribution in [3.8, 4) is 0 Å². The fraction of sp³-hybridized carbons (Fsp3) is 0.548. The van der Waals surface area contributed by atoms with Crippen LogP contribution in [0.2, 0.25) is 0 Å². The normalized spacial score (nSPS) is 12.4. The van der Waals surface area contributed by atoms with Gasteiger partial charge in [0.2, 0.25) is 0 Å². The predicted octanol–water partition coefficient (Wildman–Crippen LogP) is 12.5. The number of ketones is 2. The molecule has 0 aliphatic heterocycles. The van der Waals surface area contributed by atoms with Crippen LogP contribution in [0, 0.1) is 0 Å². The highest BCUT2D eigenvalue weighted by Gasteiger charge is 2.10. The Kier molecular flexibility index (Phi) is 66.1. The Morgan fingerprint density at radius 3 is 0.986 bits per heavy atom. The quantitative estimate of drug-likeness (QED) is 0.0195. The zero-order valence-corrected chi connectivity index (χ0v) is 50.3. The second kappa shape index (κ2) is 63.7. The van der Waals surface area contributed by atoms with E-state index in [9.17, 15) is 19.2 Å². The van der Waals surface area contributed by atoms with Gasteiger partial charge in [0.15, 0.2) is 0 Å². The highest BCUT2D eigenvalue weighted by Crippen LogP contribution is 2.09. The topological polar surface area (TPSA) is 90.0 Å². The van der Waals surface area contributed by atoms with Crippen molar-refractivity contribution < 1.29 is 45.5 Å². The second-order valence-corrected chi connectivity index (χ2v) is 20.1. The van der Waals surface area contributed by atoms with Gasteiger partial charge in [-0.05, 0) is 115 Å². The molecule has 0 bridgehead atoms. The Balaban J connectivity index is -0.000000632. The molecule has 0 amide bonds. The Bertz CT molecular complexity index is 1700.